The van der Waals surface area contributed by atoms with Crippen molar-refractivity contribution in [3.8, 4) is 0 Å². The third kappa shape index (κ3) is 2.82. The molecular formula is C30H48O4. The van der Waals surface area contributed by atoms with Crippen LogP contribution in [0.25, 0.3) is 0 Å². The Bertz CT molecular complexity index is 923. The van der Waals surface area contributed by atoms with Gasteiger partial charge in [0.25, 0.3) is 0 Å². The largest absolute Gasteiger partial charge is 0.481 e. The van der Waals surface area contributed by atoms with Crippen molar-refractivity contribution in [2.75, 3.05) is 0 Å². The summed E-state index contributed by atoms with van der Waals surface area (Å²) in [6.07, 6.45) is 10.1. The lowest BCUT2D eigenvalue weighted by Crippen LogP contribution is -2.66. The molecule has 0 aliphatic heterocycles. The van der Waals surface area contributed by atoms with Gasteiger partial charge in [0.1, 0.15) is 0 Å². The monoisotopic (exact) mass is 472 g/mol. The highest BCUT2D eigenvalue weighted by Crippen LogP contribution is 2.75. The zero-order chi connectivity index (χ0) is 25.1. The lowest BCUT2D eigenvalue weighted by atomic mass is 9.33. The van der Waals surface area contributed by atoms with Crippen LogP contribution in [0.2, 0.25) is 0 Å². The summed E-state index contributed by atoms with van der Waals surface area (Å²) >= 11 is 0. The van der Waals surface area contributed by atoms with Gasteiger partial charge < -0.3 is 15.3 Å². The number of allylic oxidation sites excluding steroid dienone is 2. The Balaban J connectivity index is 1.59. The Morgan fingerprint density at radius 3 is 2.15 bits per heavy atom. The third-order valence-electron chi connectivity index (χ3n) is 13.2. The Morgan fingerprint density at radius 2 is 1.50 bits per heavy atom. The Morgan fingerprint density at radius 1 is 0.824 bits per heavy atom. The number of aliphatic carboxylic acids is 1. The van der Waals surface area contributed by atoms with Crippen molar-refractivity contribution in [3.63, 3.8) is 0 Å². The lowest BCUT2D eigenvalue weighted by Gasteiger charge is -2.71. The molecule has 0 aromatic carbocycles. The molecule has 4 nitrogen and oxygen atoms in total. The molecule has 1 unspecified atom stereocenters. The Kier molecular flexibility index (Phi) is 5.20. The van der Waals surface area contributed by atoms with Crippen LogP contribution in [-0.2, 0) is 4.79 Å². The molecule has 0 saturated heterocycles. The maximum Gasteiger partial charge on any atom is 0.312 e. The van der Waals surface area contributed by atoms with Crippen molar-refractivity contribution >= 4 is 5.97 Å². The van der Waals surface area contributed by atoms with Gasteiger partial charge in [0, 0.05) is 5.41 Å². The Hall–Kier alpha value is -0.870. The van der Waals surface area contributed by atoms with E-state index >= 15 is 0 Å². The van der Waals surface area contributed by atoms with Gasteiger partial charge in [0.15, 0.2) is 0 Å². The SMILES string of the molecule is CC1(C)C[C@@H](O)[C@]2(C)CC[C@]3(C)C(=CC[C@@H]4[C@@]5(C)CC[C@H](O)[C@](C)(C(=O)O)C5CC[C@]43C)[C@H]2C1. The van der Waals surface area contributed by atoms with E-state index in [4.69, 9.17) is 0 Å². The van der Waals surface area contributed by atoms with E-state index in [9.17, 15) is 20.1 Å². The van der Waals surface area contributed by atoms with Crippen LogP contribution in [0.3, 0.4) is 0 Å². The highest BCUT2D eigenvalue weighted by Gasteiger charge is 2.70. The van der Waals surface area contributed by atoms with Crippen LogP contribution in [0.4, 0.5) is 0 Å². The van der Waals surface area contributed by atoms with E-state index in [0.717, 1.165) is 51.4 Å². The van der Waals surface area contributed by atoms with E-state index in [0.29, 0.717) is 18.3 Å². The normalized spacial score (nSPS) is 56.3. The summed E-state index contributed by atoms with van der Waals surface area (Å²) in [7, 11) is 0. The minimum atomic E-state index is -1.07. The van der Waals surface area contributed by atoms with E-state index in [1.54, 1.807) is 5.57 Å². The second-order valence-electron chi connectivity index (χ2n) is 15.1. The summed E-state index contributed by atoms with van der Waals surface area (Å²) in [6.45, 7) is 16.2. The number of hydrogen-bond donors (Lipinski definition) is 3. The van der Waals surface area contributed by atoms with Gasteiger partial charge in [-0.05, 0) is 104 Å². The van der Waals surface area contributed by atoms with Crippen molar-refractivity contribution in [3.05, 3.63) is 11.6 Å². The first-order chi connectivity index (χ1) is 15.6. The summed E-state index contributed by atoms with van der Waals surface area (Å²) in [6, 6.07) is 0. The van der Waals surface area contributed by atoms with Crippen LogP contribution >= 0.6 is 0 Å². The summed E-state index contributed by atoms with van der Waals surface area (Å²) in [4.78, 5) is 12.5. The number of aliphatic hydroxyl groups is 2. The molecule has 0 radical (unpaired) electrons. The molecule has 0 bridgehead atoms. The van der Waals surface area contributed by atoms with Gasteiger partial charge in [-0.1, -0.05) is 53.2 Å². The molecule has 0 spiro atoms. The predicted molar refractivity (Wildman–Crippen MR) is 134 cm³/mol. The second kappa shape index (κ2) is 7.12. The van der Waals surface area contributed by atoms with E-state index in [2.05, 4.69) is 47.6 Å². The smallest absolute Gasteiger partial charge is 0.312 e. The molecule has 34 heavy (non-hydrogen) atoms. The maximum atomic E-state index is 12.5. The van der Waals surface area contributed by atoms with Crippen molar-refractivity contribution < 1.29 is 20.1 Å². The van der Waals surface area contributed by atoms with Gasteiger partial charge in [-0.25, -0.2) is 0 Å². The van der Waals surface area contributed by atoms with Crippen molar-refractivity contribution in [1.29, 1.82) is 0 Å². The molecule has 0 amide bonds. The molecule has 4 saturated carbocycles. The fourth-order valence-electron chi connectivity index (χ4n) is 10.7. The molecule has 0 aromatic rings. The van der Waals surface area contributed by atoms with Crippen molar-refractivity contribution in [1.82, 2.24) is 0 Å². The standard InChI is InChI=1S/C30H48O4/c1-25(2)16-19-18-8-9-20-27(4)12-11-22(31)30(7,24(33)34)21(27)10-13-29(20,6)28(18,5)15-14-26(19,3)23(32)17-25/h8,19-23,31-32H,9-17H2,1-7H3,(H,33,34)/t19-,20-,21?,22+,23-,26-,27-,28-,29-,30-/m1/s1. The van der Waals surface area contributed by atoms with Gasteiger partial charge in [-0.2, -0.15) is 0 Å². The molecule has 0 aromatic heterocycles. The topological polar surface area (TPSA) is 77.8 Å². The highest BCUT2D eigenvalue weighted by atomic mass is 16.4. The number of fused-ring (bicyclic) bond motifs is 7. The van der Waals surface area contributed by atoms with Gasteiger partial charge >= 0.3 is 5.97 Å². The molecular weight excluding hydrogens is 424 g/mol. The minimum absolute atomic E-state index is 0.00201. The summed E-state index contributed by atoms with van der Waals surface area (Å²) in [5.41, 5.74) is 0.743. The first-order valence-electron chi connectivity index (χ1n) is 13.9. The average Bonchev–Trinajstić information content (AvgIpc) is 2.73. The molecule has 5 aliphatic carbocycles. The van der Waals surface area contributed by atoms with Crippen molar-refractivity contribution in [2.45, 2.75) is 118 Å². The zero-order valence-electron chi connectivity index (χ0n) is 22.6. The molecule has 0 heterocycles. The summed E-state index contributed by atoms with van der Waals surface area (Å²) in [5, 5.41) is 32.4. The van der Waals surface area contributed by atoms with Gasteiger partial charge in [0.2, 0.25) is 0 Å². The van der Waals surface area contributed by atoms with Gasteiger partial charge in [-0.3, -0.25) is 4.79 Å². The maximum absolute atomic E-state index is 12.5. The second-order valence-corrected chi connectivity index (χ2v) is 15.1. The van der Waals surface area contributed by atoms with Crippen LogP contribution in [-0.4, -0.2) is 33.5 Å². The fraction of sp³-hybridized carbons (Fsp3) is 0.900. The summed E-state index contributed by atoms with van der Waals surface area (Å²) in [5.74, 6) is 0.0159. The van der Waals surface area contributed by atoms with Crippen LogP contribution in [0.5, 0.6) is 0 Å². The van der Waals surface area contributed by atoms with Crippen LogP contribution in [0.1, 0.15) is 106 Å². The molecule has 5 aliphatic rings. The van der Waals surface area contributed by atoms with E-state index in [1.807, 2.05) is 6.92 Å². The summed E-state index contributed by atoms with van der Waals surface area (Å²) < 4.78 is 0. The van der Waals surface area contributed by atoms with Gasteiger partial charge in [-0.15, -0.1) is 0 Å². The predicted octanol–water partition coefficient (Wildman–Crippen LogP) is 6.20. The van der Waals surface area contributed by atoms with Gasteiger partial charge in [0.05, 0.1) is 17.6 Å². The first-order valence-corrected chi connectivity index (χ1v) is 13.9. The fourth-order valence-corrected chi connectivity index (χ4v) is 10.7. The quantitative estimate of drug-likeness (QED) is 0.397. The first kappa shape index (κ1) is 24.8. The number of carboxylic acid groups (broad SMARTS) is 1. The van der Waals surface area contributed by atoms with Crippen LogP contribution < -0.4 is 0 Å². The molecule has 5 rings (SSSR count). The van der Waals surface area contributed by atoms with Crippen LogP contribution in [0, 0.1) is 50.2 Å². The molecule has 4 fully saturated rings. The molecule has 4 heteroatoms. The zero-order valence-corrected chi connectivity index (χ0v) is 22.6. The minimum Gasteiger partial charge on any atom is -0.481 e. The number of carboxylic acids is 1. The molecule has 3 N–H and O–H groups in total. The lowest BCUT2D eigenvalue weighted by molar-refractivity contribution is -0.219. The molecule has 10 atom stereocenters. The van der Waals surface area contributed by atoms with E-state index in [1.165, 1.54) is 0 Å². The number of rotatable bonds is 1. The number of carbonyl (C=O) groups is 1. The van der Waals surface area contributed by atoms with Crippen molar-refractivity contribution in [2.24, 2.45) is 50.2 Å². The molecule has 192 valence electrons. The van der Waals surface area contributed by atoms with Crippen LogP contribution in [0.15, 0.2) is 11.6 Å². The Labute approximate surface area is 206 Å². The highest BCUT2D eigenvalue weighted by molar-refractivity contribution is 5.76. The van der Waals surface area contributed by atoms with E-state index in [-0.39, 0.29) is 39.1 Å². The average molecular weight is 473 g/mol. The third-order valence-corrected chi connectivity index (χ3v) is 13.2. The van der Waals surface area contributed by atoms with E-state index < -0.39 is 17.5 Å². The number of aliphatic hydroxyl groups excluding tert-OH is 2. The number of hydrogen-bond acceptors (Lipinski definition) is 3.